The summed E-state index contributed by atoms with van der Waals surface area (Å²) in [6.45, 7) is 1.59. The van der Waals surface area contributed by atoms with Gasteiger partial charge in [-0.25, -0.2) is 18.1 Å². The van der Waals surface area contributed by atoms with E-state index in [0.717, 1.165) is 0 Å². The molecule has 0 atom stereocenters. The molecule has 0 saturated carbocycles. The molecule has 2 aromatic heterocycles. The summed E-state index contributed by atoms with van der Waals surface area (Å²) in [5.41, 5.74) is 6.20. The van der Waals surface area contributed by atoms with E-state index in [1.54, 1.807) is 25.1 Å². The summed E-state index contributed by atoms with van der Waals surface area (Å²) in [5, 5.41) is 4.18. The van der Waals surface area contributed by atoms with Crippen LogP contribution in [0.25, 0.3) is 10.9 Å². The Labute approximate surface area is 120 Å². The van der Waals surface area contributed by atoms with E-state index in [-0.39, 0.29) is 10.9 Å². The molecule has 0 aliphatic carbocycles. The van der Waals surface area contributed by atoms with Crippen molar-refractivity contribution in [2.24, 2.45) is 0 Å². The minimum Gasteiger partial charge on any atom is -0.384 e. The monoisotopic (exact) mass is 305 g/mol. The van der Waals surface area contributed by atoms with E-state index >= 15 is 0 Å². The molecular weight excluding hydrogens is 294 g/mol. The van der Waals surface area contributed by atoms with Crippen LogP contribution >= 0.6 is 0 Å². The van der Waals surface area contributed by atoms with Crippen molar-refractivity contribution in [1.29, 1.82) is 0 Å². The van der Waals surface area contributed by atoms with Gasteiger partial charge < -0.3 is 10.3 Å². The Morgan fingerprint density at radius 3 is 2.71 bits per heavy atom. The highest BCUT2D eigenvalue weighted by Gasteiger charge is 2.18. The Hall–Kier alpha value is -2.68. The number of nitrogens with two attached hydrogens (primary N) is 1. The Morgan fingerprint density at radius 2 is 2.00 bits per heavy atom. The second kappa shape index (κ2) is 4.70. The lowest BCUT2D eigenvalue weighted by Crippen LogP contribution is -2.13. The number of nitrogen functional groups attached to an aromatic ring is 1. The Kier molecular flexibility index (Phi) is 2.98. The van der Waals surface area contributed by atoms with E-state index < -0.39 is 10.0 Å². The van der Waals surface area contributed by atoms with Crippen LogP contribution in [-0.2, 0) is 10.0 Å². The minimum absolute atomic E-state index is 0.0671. The number of sulfonamides is 1. The van der Waals surface area contributed by atoms with E-state index in [1.165, 1.54) is 12.1 Å². The summed E-state index contributed by atoms with van der Waals surface area (Å²) in [6, 6.07) is 7.64. The summed E-state index contributed by atoms with van der Waals surface area (Å²) in [7, 11) is -3.81. The van der Waals surface area contributed by atoms with Gasteiger partial charge in [-0.2, -0.15) is 4.98 Å². The normalized spacial score (nSPS) is 11.7. The molecule has 0 aliphatic heterocycles. The first-order valence-electron chi connectivity index (χ1n) is 5.93. The van der Waals surface area contributed by atoms with E-state index in [2.05, 4.69) is 19.8 Å². The zero-order chi connectivity index (χ0) is 15.0. The van der Waals surface area contributed by atoms with Gasteiger partial charge in [0.2, 0.25) is 0 Å². The third kappa shape index (κ3) is 2.63. The Balaban J connectivity index is 2.00. The van der Waals surface area contributed by atoms with Crippen LogP contribution in [0.1, 0.15) is 5.82 Å². The van der Waals surface area contributed by atoms with Crippen LogP contribution in [0.5, 0.6) is 0 Å². The number of nitrogens with zero attached hydrogens (tertiary/aromatic N) is 3. The maximum absolute atomic E-state index is 12.2. The zero-order valence-corrected chi connectivity index (χ0v) is 11.8. The van der Waals surface area contributed by atoms with Crippen molar-refractivity contribution in [2.45, 2.75) is 11.8 Å². The predicted molar refractivity (Wildman–Crippen MR) is 76.0 cm³/mol. The van der Waals surface area contributed by atoms with Gasteiger partial charge in [0.05, 0.1) is 10.4 Å². The largest absolute Gasteiger partial charge is 0.384 e. The topological polar surface area (TPSA) is 124 Å². The van der Waals surface area contributed by atoms with Crippen LogP contribution in [0.3, 0.4) is 0 Å². The Bertz CT molecular complexity index is 920. The number of pyridine rings is 1. The van der Waals surface area contributed by atoms with Crippen molar-refractivity contribution < 1.29 is 12.9 Å². The van der Waals surface area contributed by atoms with Gasteiger partial charge in [-0.15, -0.1) is 0 Å². The van der Waals surface area contributed by atoms with Crippen LogP contribution in [0.2, 0.25) is 0 Å². The molecule has 108 valence electrons. The molecule has 1 aromatic carbocycles. The molecule has 0 fully saturated rings. The van der Waals surface area contributed by atoms with Crippen LogP contribution < -0.4 is 10.5 Å². The molecule has 3 rings (SSSR count). The number of rotatable bonds is 3. The number of nitrogens with one attached hydrogen (secondary N) is 1. The van der Waals surface area contributed by atoms with Gasteiger partial charge in [0.15, 0.2) is 5.82 Å². The summed E-state index contributed by atoms with van der Waals surface area (Å²) >= 11 is 0. The summed E-state index contributed by atoms with van der Waals surface area (Å²) in [6.07, 6.45) is 0. The highest BCUT2D eigenvalue weighted by atomic mass is 32.2. The van der Waals surface area contributed by atoms with Crippen molar-refractivity contribution in [1.82, 2.24) is 15.1 Å². The van der Waals surface area contributed by atoms with Crippen molar-refractivity contribution >= 4 is 32.8 Å². The molecule has 0 aliphatic rings. The van der Waals surface area contributed by atoms with E-state index in [1.807, 2.05) is 0 Å². The van der Waals surface area contributed by atoms with Gasteiger partial charge >= 0.3 is 6.01 Å². The minimum atomic E-state index is -3.81. The molecule has 0 spiro atoms. The predicted octanol–water partition coefficient (Wildman–Crippen LogP) is 1.31. The van der Waals surface area contributed by atoms with Crippen LogP contribution in [0.15, 0.2) is 39.8 Å². The maximum Gasteiger partial charge on any atom is 0.335 e. The number of hydrogen-bond donors (Lipinski definition) is 2. The highest BCUT2D eigenvalue weighted by molar-refractivity contribution is 7.92. The molecule has 9 heteroatoms. The second-order valence-electron chi connectivity index (χ2n) is 4.34. The summed E-state index contributed by atoms with van der Waals surface area (Å²) < 4.78 is 31.4. The maximum atomic E-state index is 12.2. The van der Waals surface area contributed by atoms with Crippen molar-refractivity contribution in [3.63, 3.8) is 0 Å². The number of fused-ring (bicyclic) bond motifs is 1. The third-order valence-corrected chi connectivity index (χ3v) is 4.06. The molecule has 0 amide bonds. The number of aromatic nitrogens is 3. The fourth-order valence-corrected chi connectivity index (χ4v) is 2.76. The van der Waals surface area contributed by atoms with Crippen LogP contribution in [-0.4, -0.2) is 23.5 Å². The van der Waals surface area contributed by atoms with Gasteiger partial charge in [-0.3, -0.25) is 0 Å². The molecule has 0 radical (unpaired) electrons. The van der Waals surface area contributed by atoms with E-state index in [9.17, 15) is 8.42 Å². The van der Waals surface area contributed by atoms with Gasteiger partial charge in [0.1, 0.15) is 5.82 Å². The zero-order valence-electron chi connectivity index (χ0n) is 10.9. The smallest absolute Gasteiger partial charge is 0.335 e. The molecule has 21 heavy (non-hydrogen) atoms. The van der Waals surface area contributed by atoms with Crippen molar-refractivity contribution in [3.05, 3.63) is 36.2 Å². The molecule has 2 heterocycles. The first-order chi connectivity index (χ1) is 9.94. The van der Waals surface area contributed by atoms with Crippen molar-refractivity contribution in [3.8, 4) is 0 Å². The van der Waals surface area contributed by atoms with Crippen LogP contribution in [0, 0.1) is 6.92 Å². The van der Waals surface area contributed by atoms with E-state index in [0.29, 0.717) is 22.5 Å². The molecule has 3 N–H and O–H groups in total. The number of hydrogen-bond acceptors (Lipinski definition) is 7. The third-order valence-electron chi connectivity index (χ3n) is 2.74. The fourth-order valence-electron chi connectivity index (χ4n) is 1.80. The number of anilines is 2. The standard InChI is InChI=1S/C12H11N5O3S/c1-7-14-12(20-16-7)17-21(18,19)9-3-4-10-8(6-9)2-5-11(13)15-10/h2-6H,1H3,(H2,13,15)(H,14,16,17). The Morgan fingerprint density at radius 1 is 1.19 bits per heavy atom. The van der Waals surface area contributed by atoms with Gasteiger partial charge in [-0.1, -0.05) is 5.16 Å². The van der Waals surface area contributed by atoms with E-state index in [4.69, 9.17) is 10.3 Å². The lowest BCUT2D eigenvalue weighted by atomic mass is 10.2. The lowest BCUT2D eigenvalue weighted by Gasteiger charge is -2.05. The van der Waals surface area contributed by atoms with Crippen molar-refractivity contribution in [2.75, 3.05) is 10.5 Å². The first kappa shape index (κ1) is 13.3. The highest BCUT2D eigenvalue weighted by Crippen LogP contribution is 2.20. The van der Waals surface area contributed by atoms with Gasteiger partial charge in [0, 0.05) is 5.39 Å². The molecule has 0 bridgehead atoms. The number of benzene rings is 1. The SMILES string of the molecule is Cc1noc(NS(=O)(=O)c2ccc3nc(N)ccc3c2)n1. The fraction of sp³-hybridized carbons (Fsp3) is 0.0833. The van der Waals surface area contributed by atoms with Crippen LogP contribution in [0.4, 0.5) is 11.8 Å². The van der Waals surface area contributed by atoms with Gasteiger partial charge in [-0.05, 0) is 37.3 Å². The first-order valence-corrected chi connectivity index (χ1v) is 7.42. The number of aryl methyl sites for hydroxylation is 1. The summed E-state index contributed by atoms with van der Waals surface area (Å²) in [5.74, 6) is 0.712. The second-order valence-corrected chi connectivity index (χ2v) is 6.03. The summed E-state index contributed by atoms with van der Waals surface area (Å²) in [4.78, 5) is 7.97. The molecule has 0 unspecified atom stereocenters. The van der Waals surface area contributed by atoms with Gasteiger partial charge in [0.25, 0.3) is 10.0 Å². The average molecular weight is 305 g/mol. The average Bonchev–Trinajstić information content (AvgIpc) is 2.82. The quantitative estimate of drug-likeness (QED) is 0.747. The molecular formula is C12H11N5O3S. The molecule has 0 saturated heterocycles. The molecule has 3 aromatic rings. The lowest BCUT2D eigenvalue weighted by molar-refractivity contribution is 0.429. The molecule has 8 nitrogen and oxygen atoms in total.